The maximum Gasteiger partial charge on any atom is 0.310 e. The molecular weight excluding hydrogens is 260 g/mol. The lowest BCUT2D eigenvalue weighted by Crippen LogP contribution is -2.45. The fraction of sp³-hybridized carbons (Fsp3) is 0.733. The fourth-order valence-electron chi connectivity index (χ4n) is 2.55. The Morgan fingerprint density at radius 3 is 2.25 bits per heavy atom. The van der Waals surface area contributed by atoms with Crippen LogP contribution >= 0.6 is 0 Å². The lowest BCUT2D eigenvalue weighted by atomic mass is 9.64. The maximum atomic E-state index is 11.4. The van der Waals surface area contributed by atoms with Crippen molar-refractivity contribution in [1.29, 1.82) is 0 Å². The lowest BCUT2D eigenvalue weighted by molar-refractivity contribution is -0.167. The molecule has 0 radical (unpaired) electrons. The highest BCUT2D eigenvalue weighted by Crippen LogP contribution is 2.44. The zero-order valence-corrected chi connectivity index (χ0v) is 12.6. The third-order valence-electron chi connectivity index (χ3n) is 3.84. The van der Waals surface area contributed by atoms with Gasteiger partial charge >= 0.3 is 11.9 Å². The van der Waals surface area contributed by atoms with Crippen LogP contribution in [0, 0.1) is 11.3 Å². The molecule has 1 fully saturated rings. The molecule has 1 saturated carbocycles. The third-order valence-corrected chi connectivity index (χ3v) is 3.84. The van der Waals surface area contributed by atoms with Crippen molar-refractivity contribution < 1.29 is 24.5 Å². The highest BCUT2D eigenvalue weighted by atomic mass is 16.5. The van der Waals surface area contributed by atoms with Crippen LogP contribution in [-0.4, -0.2) is 35.9 Å². The van der Waals surface area contributed by atoms with Crippen LogP contribution in [0.5, 0.6) is 0 Å². The van der Waals surface area contributed by atoms with Gasteiger partial charge in [0.15, 0.2) is 0 Å². The Hall–Kier alpha value is -1.36. The van der Waals surface area contributed by atoms with Gasteiger partial charge in [-0.2, -0.15) is 0 Å². The van der Waals surface area contributed by atoms with E-state index in [0.29, 0.717) is 12.8 Å². The number of carboxylic acids is 2. The summed E-state index contributed by atoms with van der Waals surface area (Å²) in [5, 5.41) is 18.4. The topological polar surface area (TPSA) is 83.8 Å². The molecule has 2 atom stereocenters. The summed E-state index contributed by atoms with van der Waals surface area (Å²) in [6, 6.07) is 0. The van der Waals surface area contributed by atoms with Crippen LogP contribution in [0.1, 0.15) is 46.0 Å². The summed E-state index contributed by atoms with van der Waals surface area (Å²) in [4.78, 5) is 22.5. The Labute approximate surface area is 120 Å². The van der Waals surface area contributed by atoms with Crippen molar-refractivity contribution in [2.24, 2.45) is 11.3 Å². The molecule has 0 bridgehead atoms. The van der Waals surface area contributed by atoms with Crippen molar-refractivity contribution in [3.05, 3.63) is 12.2 Å². The minimum atomic E-state index is -1.14. The Bertz CT molecular complexity index is 333. The number of rotatable bonds is 5. The van der Waals surface area contributed by atoms with E-state index in [2.05, 4.69) is 0 Å². The van der Waals surface area contributed by atoms with Gasteiger partial charge in [-0.15, -0.1) is 0 Å². The van der Waals surface area contributed by atoms with E-state index in [1.54, 1.807) is 0 Å². The van der Waals surface area contributed by atoms with E-state index in [-0.39, 0.29) is 13.0 Å². The second-order valence-electron chi connectivity index (χ2n) is 5.01. The normalized spacial score (nSPS) is 25.9. The van der Waals surface area contributed by atoms with E-state index in [1.807, 2.05) is 26.0 Å². The first kappa shape index (κ1) is 18.6. The number of allylic oxidation sites excluding steroid dienone is 2. The van der Waals surface area contributed by atoms with Crippen molar-refractivity contribution in [3.63, 3.8) is 0 Å². The van der Waals surface area contributed by atoms with Gasteiger partial charge in [0.1, 0.15) is 0 Å². The Morgan fingerprint density at radius 1 is 1.25 bits per heavy atom. The van der Waals surface area contributed by atoms with Crippen LogP contribution in [0.2, 0.25) is 0 Å². The Balaban J connectivity index is 0.000000796. The van der Waals surface area contributed by atoms with Gasteiger partial charge in [0.05, 0.1) is 11.3 Å². The second kappa shape index (κ2) is 9.53. The number of hydrogen-bond acceptors (Lipinski definition) is 3. The van der Waals surface area contributed by atoms with Crippen LogP contribution < -0.4 is 0 Å². The molecule has 5 heteroatoms. The van der Waals surface area contributed by atoms with Gasteiger partial charge in [0.25, 0.3) is 0 Å². The van der Waals surface area contributed by atoms with Crippen molar-refractivity contribution in [3.8, 4) is 0 Å². The first-order valence-corrected chi connectivity index (χ1v) is 6.98. The van der Waals surface area contributed by atoms with Gasteiger partial charge in [-0.1, -0.05) is 25.0 Å². The van der Waals surface area contributed by atoms with Crippen molar-refractivity contribution >= 4 is 11.9 Å². The monoisotopic (exact) mass is 286 g/mol. The van der Waals surface area contributed by atoms with E-state index in [0.717, 1.165) is 12.8 Å². The van der Waals surface area contributed by atoms with E-state index in [1.165, 1.54) is 7.11 Å². The molecule has 5 nitrogen and oxygen atoms in total. The molecular formula is C15H26O5. The number of aliphatic carboxylic acids is 2. The molecule has 0 saturated heterocycles. The molecule has 20 heavy (non-hydrogen) atoms. The summed E-state index contributed by atoms with van der Waals surface area (Å²) in [6.45, 7) is 4.29. The molecule has 1 rings (SSSR count). The molecule has 0 amide bonds. The molecule has 0 heterocycles. The first-order valence-electron chi connectivity index (χ1n) is 6.98. The molecule has 0 spiro atoms. The molecule has 0 aromatic heterocycles. The van der Waals surface area contributed by atoms with Crippen LogP contribution in [-0.2, 0) is 14.3 Å². The van der Waals surface area contributed by atoms with E-state index in [4.69, 9.17) is 9.84 Å². The molecule has 2 unspecified atom stereocenters. The number of ether oxygens (including phenoxy) is 1. The predicted octanol–water partition coefficient (Wildman–Crippen LogP) is 2.95. The highest BCUT2D eigenvalue weighted by Gasteiger charge is 2.50. The summed E-state index contributed by atoms with van der Waals surface area (Å²) in [5.41, 5.74) is -1.14. The van der Waals surface area contributed by atoms with E-state index >= 15 is 0 Å². The first-order chi connectivity index (χ1) is 9.46. The van der Waals surface area contributed by atoms with Crippen LogP contribution in [0.3, 0.4) is 0 Å². The summed E-state index contributed by atoms with van der Waals surface area (Å²) in [7, 11) is 1.49. The average Bonchev–Trinajstić information content (AvgIpc) is 2.45. The van der Waals surface area contributed by atoms with Gasteiger partial charge < -0.3 is 14.9 Å². The lowest BCUT2D eigenvalue weighted by Gasteiger charge is -2.38. The largest absolute Gasteiger partial charge is 0.481 e. The predicted molar refractivity (Wildman–Crippen MR) is 76.6 cm³/mol. The average molecular weight is 286 g/mol. The molecule has 1 aliphatic rings. The number of carboxylic acid groups (broad SMARTS) is 2. The molecule has 0 aromatic carbocycles. The minimum Gasteiger partial charge on any atom is -0.481 e. The quantitative estimate of drug-likeness (QED) is 0.759. The number of methoxy groups -OCH3 is 1. The fourth-order valence-corrected chi connectivity index (χ4v) is 2.55. The molecule has 2 N–H and O–H groups in total. The number of hydrogen-bond donors (Lipinski definition) is 2. The summed E-state index contributed by atoms with van der Waals surface area (Å²) >= 11 is 0. The van der Waals surface area contributed by atoms with E-state index < -0.39 is 23.3 Å². The van der Waals surface area contributed by atoms with Crippen LogP contribution in [0.4, 0.5) is 0 Å². The van der Waals surface area contributed by atoms with Crippen molar-refractivity contribution in [2.75, 3.05) is 13.7 Å². The molecule has 0 aliphatic heterocycles. The zero-order chi connectivity index (χ0) is 15.6. The summed E-state index contributed by atoms with van der Waals surface area (Å²) in [5.74, 6) is -2.79. The molecule has 0 aromatic rings. The van der Waals surface area contributed by atoms with Gasteiger partial charge in [0.2, 0.25) is 0 Å². The molecule has 1 aliphatic carbocycles. The van der Waals surface area contributed by atoms with Gasteiger partial charge in [-0.3, -0.25) is 9.59 Å². The second-order valence-corrected chi connectivity index (χ2v) is 5.01. The summed E-state index contributed by atoms with van der Waals surface area (Å²) < 4.78 is 4.89. The Morgan fingerprint density at radius 2 is 1.85 bits per heavy atom. The maximum absolute atomic E-state index is 11.4. The van der Waals surface area contributed by atoms with Gasteiger partial charge in [0, 0.05) is 13.7 Å². The minimum absolute atomic E-state index is 0.274. The summed E-state index contributed by atoms with van der Waals surface area (Å²) in [6.07, 6.45) is 6.72. The number of carbonyl (C=O) groups is 2. The van der Waals surface area contributed by atoms with Crippen molar-refractivity contribution in [1.82, 2.24) is 0 Å². The SMILES string of the molecule is CC=CC.COCCC1(C(=O)O)CCCCC1C(=O)O. The van der Waals surface area contributed by atoms with Gasteiger partial charge in [-0.25, -0.2) is 0 Å². The van der Waals surface area contributed by atoms with Crippen LogP contribution in [0.25, 0.3) is 0 Å². The van der Waals surface area contributed by atoms with Crippen molar-refractivity contribution in [2.45, 2.75) is 46.0 Å². The van der Waals surface area contributed by atoms with E-state index in [9.17, 15) is 14.7 Å². The smallest absolute Gasteiger partial charge is 0.310 e. The zero-order valence-electron chi connectivity index (χ0n) is 12.6. The third kappa shape index (κ3) is 4.96. The van der Waals surface area contributed by atoms with Gasteiger partial charge in [-0.05, 0) is 33.1 Å². The van der Waals surface area contributed by atoms with Crippen LogP contribution in [0.15, 0.2) is 12.2 Å². The highest BCUT2D eigenvalue weighted by molar-refractivity contribution is 5.83. The Kier molecular flexibility index (Phi) is 8.88. The molecule has 116 valence electrons. The standard InChI is InChI=1S/C11H18O5.C4H8/c1-16-7-6-11(10(14)15)5-3-2-4-8(11)9(12)13;1-3-4-2/h8H,2-7H2,1H3,(H,12,13)(H,14,15);3-4H,1-2H3.